The molecule has 0 bridgehead atoms. The topological polar surface area (TPSA) is 15.3 Å². The molecule has 74 valence electrons. The zero-order valence-corrected chi connectivity index (χ0v) is 9.32. The molecular weight excluding hydrogens is 192 g/mol. The highest BCUT2D eigenvalue weighted by molar-refractivity contribution is 7.80. The van der Waals surface area contributed by atoms with Crippen LogP contribution in [0, 0.1) is 13.8 Å². The molecule has 0 amide bonds. The quantitative estimate of drug-likeness (QED) is 0.708. The number of thiocarbonyl (C=S) groups is 1. The number of anilines is 1. The van der Waals surface area contributed by atoms with Gasteiger partial charge in [0.05, 0.1) is 0 Å². The van der Waals surface area contributed by atoms with E-state index in [1.807, 2.05) is 0 Å². The molecular formula is C11H14N2S. The smallest absolute Gasteiger partial charge is 0.173 e. The Morgan fingerprint density at radius 2 is 2.14 bits per heavy atom. The predicted molar refractivity (Wildman–Crippen MR) is 63.9 cm³/mol. The Hall–Kier alpha value is -1.09. The van der Waals surface area contributed by atoms with Crippen molar-refractivity contribution in [2.75, 3.05) is 18.0 Å². The van der Waals surface area contributed by atoms with E-state index in [9.17, 15) is 0 Å². The average Bonchev–Trinajstić information content (AvgIpc) is 2.57. The maximum Gasteiger partial charge on any atom is 0.173 e. The van der Waals surface area contributed by atoms with Crippen molar-refractivity contribution >= 4 is 23.0 Å². The Bertz CT molecular complexity index is 374. The molecule has 0 saturated carbocycles. The lowest BCUT2D eigenvalue weighted by Crippen LogP contribution is -2.28. The zero-order valence-electron chi connectivity index (χ0n) is 8.50. The third kappa shape index (κ3) is 1.48. The van der Waals surface area contributed by atoms with Crippen molar-refractivity contribution in [1.82, 2.24) is 5.32 Å². The minimum atomic E-state index is 0.846. The highest BCUT2D eigenvalue weighted by atomic mass is 32.1. The largest absolute Gasteiger partial charge is 0.360 e. The van der Waals surface area contributed by atoms with E-state index < -0.39 is 0 Å². The number of rotatable bonds is 1. The van der Waals surface area contributed by atoms with Gasteiger partial charge in [0.25, 0.3) is 0 Å². The Morgan fingerprint density at radius 3 is 2.79 bits per heavy atom. The van der Waals surface area contributed by atoms with E-state index in [2.05, 4.69) is 42.3 Å². The van der Waals surface area contributed by atoms with Crippen molar-refractivity contribution in [1.29, 1.82) is 0 Å². The summed E-state index contributed by atoms with van der Waals surface area (Å²) in [7, 11) is 0. The van der Waals surface area contributed by atoms with Gasteiger partial charge in [-0.1, -0.05) is 12.1 Å². The first kappa shape index (κ1) is 9.46. The Morgan fingerprint density at radius 1 is 1.36 bits per heavy atom. The van der Waals surface area contributed by atoms with E-state index in [-0.39, 0.29) is 0 Å². The summed E-state index contributed by atoms with van der Waals surface area (Å²) in [6, 6.07) is 6.34. The van der Waals surface area contributed by atoms with Gasteiger partial charge in [0.15, 0.2) is 5.11 Å². The summed E-state index contributed by atoms with van der Waals surface area (Å²) in [5, 5.41) is 4.02. The van der Waals surface area contributed by atoms with Crippen molar-refractivity contribution in [2.45, 2.75) is 13.8 Å². The molecule has 1 aliphatic rings. The molecule has 1 heterocycles. The predicted octanol–water partition coefficient (Wildman–Crippen LogP) is 2.00. The lowest BCUT2D eigenvalue weighted by atomic mass is 10.1. The molecule has 3 heteroatoms. The van der Waals surface area contributed by atoms with Gasteiger partial charge in [-0.3, -0.25) is 0 Å². The molecule has 1 N–H and O–H groups in total. The minimum Gasteiger partial charge on any atom is -0.360 e. The van der Waals surface area contributed by atoms with E-state index in [1.165, 1.54) is 16.8 Å². The standard InChI is InChI=1S/C11H14N2S/c1-8-4-3-5-10(9(8)2)13-7-6-12-11(13)14/h3-5H,6-7H2,1-2H3,(H,12,14). The summed E-state index contributed by atoms with van der Waals surface area (Å²) in [5.74, 6) is 0. The van der Waals surface area contributed by atoms with Crippen LogP contribution in [0.25, 0.3) is 0 Å². The van der Waals surface area contributed by atoms with E-state index in [0.29, 0.717) is 0 Å². The van der Waals surface area contributed by atoms with Gasteiger partial charge in [-0.2, -0.15) is 0 Å². The lowest BCUT2D eigenvalue weighted by molar-refractivity contribution is 0.973. The fourth-order valence-electron chi connectivity index (χ4n) is 1.73. The highest BCUT2D eigenvalue weighted by Crippen LogP contribution is 2.23. The number of benzene rings is 1. The maximum atomic E-state index is 5.24. The molecule has 1 aromatic carbocycles. The number of nitrogens with zero attached hydrogens (tertiary/aromatic N) is 1. The summed E-state index contributed by atoms with van der Waals surface area (Å²) in [6.07, 6.45) is 0. The number of nitrogens with one attached hydrogen (secondary N) is 1. The molecule has 0 spiro atoms. The van der Waals surface area contributed by atoms with Crippen molar-refractivity contribution in [3.05, 3.63) is 29.3 Å². The van der Waals surface area contributed by atoms with Gasteiger partial charge in [0, 0.05) is 18.8 Å². The molecule has 1 aromatic rings. The molecule has 1 saturated heterocycles. The van der Waals surface area contributed by atoms with Crippen LogP contribution in [0.2, 0.25) is 0 Å². The van der Waals surface area contributed by atoms with Gasteiger partial charge >= 0.3 is 0 Å². The third-order valence-electron chi connectivity index (χ3n) is 2.72. The number of hydrogen-bond acceptors (Lipinski definition) is 1. The summed E-state index contributed by atoms with van der Waals surface area (Å²) in [5.41, 5.74) is 3.87. The lowest BCUT2D eigenvalue weighted by Gasteiger charge is -2.20. The number of hydrogen-bond donors (Lipinski definition) is 1. The van der Waals surface area contributed by atoms with E-state index in [0.717, 1.165) is 18.2 Å². The van der Waals surface area contributed by atoms with Crippen LogP contribution in [0.1, 0.15) is 11.1 Å². The van der Waals surface area contributed by atoms with Crippen LogP contribution in [0.4, 0.5) is 5.69 Å². The van der Waals surface area contributed by atoms with Crippen LogP contribution >= 0.6 is 12.2 Å². The molecule has 2 rings (SSSR count). The second-order valence-electron chi connectivity index (χ2n) is 3.60. The van der Waals surface area contributed by atoms with Crippen LogP contribution in [0.5, 0.6) is 0 Å². The molecule has 1 aliphatic heterocycles. The first-order valence-corrected chi connectivity index (χ1v) is 5.22. The second-order valence-corrected chi connectivity index (χ2v) is 3.99. The van der Waals surface area contributed by atoms with Crippen LogP contribution in [-0.2, 0) is 0 Å². The molecule has 0 atom stereocenters. The summed E-state index contributed by atoms with van der Waals surface area (Å²) < 4.78 is 0. The van der Waals surface area contributed by atoms with Crippen molar-refractivity contribution < 1.29 is 0 Å². The van der Waals surface area contributed by atoms with Gasteiger partial charge < -0.3 is 10.2 Å². The molecule has 1 fully saturated rings. The normalized spacial score (nSPS) is 15.9. The number of aryl methyl sites for hydroxylation is 1. The fraction of sp³-hybridized carbons (Fsp3) is 0.364. The van der Waals surface area contributed by atoms with Crippen molar-refractivity contribution in [3.8, 4) is 0 Å². The SMILES string of the molecule is Cc1cccc(N2CCNC2=S)c1C. The molecule has 0 radical (unpaired) electrons. The van der Waals surface area contributed by atoms with Crippen molar-refractivity contribution in [3.63, 3.8) is 0 Å². The van der Waals surface area contributed by atoms with E-state index in [1.54, 1.807) is 0 Å². The minimum absolute atomic E-state index is 0.846. The summed E-state index contributed by atoms with van der Waals surface area (Å²) in [4.78, 5) is 2.16. The molecule has 2 nitrogen and oxygen atoms in total. The highest BCUT2D eigenvalue weighted by Gasteiger charge is 2.19. The Balaban J connectivity index is 2.41. The van der Waals surface area contributed by atoms with Crippen LogP contribution < -0.4 is 10.2 Å². The molecule has 0 aromatic heterocycles. The van der Waals surface area contributed by atoms with Gasteiger partial charge in [-0.05, 0) is 43.3 Å². The fourth-order valence-corrected chi connectivity index (χ4v) is 2.02. The van der Waals surface area contributed by atoms with Gasteiger partial charge in [0.1, 0.15) is 0 Å². The zero-order chi connectivity index (χ0) is 10.1. The first-order chi connectivity index (χ1) is 6.70. The Labute approximate surface area is 89.9 Å². The second kappa shape index (κ2) is 3.58. The maximum absolute atomic E-state index is 5.24. The first-order valence-electron chi connectivity index (χ1n) is 4.82. The summed E-state index contributed by atoms with van der Waals surface area (Å²) in [6.45, 7) is 6.20. The van der Waals surface area contributed by atoms with Gasteiger partial charge in [-0.25, -0.2) is 0 Å². The van der Waals surface area contributed by atoms with Crippen LogP contribution in [0.3, 0.4) is 0 Å². The third-order valence-corrected chi connectivity index (χ3v) is 3.09. The van der Waals surface area contributed by atoms with Crippen LogP contribution in [0.15, 0.2) is 18.2 Å². The van der Waals surface area contributed by atoms with Gasteiger partial charge in [-0.15, -0.1) is 0 Å². The van der Waals surface area contributed by atoms with Crippen LogP contribution in [-0.4, -0.2) is 18.2 Å². The molecule has 14 heavy (non-hydrogen) atoms. The van der Waals surface area contributed by atoms with E-state index in [4.69, 9.17) is 12.2 Å². The molecule has 0 unspecified atom stereocenters. The Kier molecular flexibility index (Phi) is 2.42. The average molecular weight is 206 g/mol. The monoisotopic (exact) mass is 206 g/mol. The van der Waals surface area contributed by atoms with Gasteiger partial charge in [0.2, 0.25) is 0 Å². The molecule has 0 aliphatic carbocycles. The van der Waals surface area contributed by atoms with E-state index >= 15 is 0 Å². The van der Waals surface area contributed by atoms with Crippen molar-refractivity contribution in [2.24, 2.45) is 0 Å². The summed E-state index contributed by atoms with van der Waals surface area (Å²) >= 11 is 5.24.